The van der Waals surface area contributed by atoms with Crippen molar-refractivity contribution in [2.45, 2.75) is 6.10 Å². The van der Waals surface area contributed by atoms with Crippen LogP contribution in [0.2, 0.25) is 0 Å². The minimum Gasteiger partial charge on any atom is -0.379 e. The average molecular weight is 186 g/mol. The monoisotopic (exact) mass is 186 g/mol. The topological polar surface area (TPSA) is 33.7 Å². The molecule has 4 heteroatoms. The first-order valence-corrected chi connectivity index (χ1v) is 5.07. The highest BCUT2D eigenvalue weighted by molar-refractivity contribution is 4.75. The van der Waals surface area contributed by atoms with Crippen LogP contribution in [0.4, 0.5) is 0 Å². The highest BCUT2D eigenvalue weighted by Gasteiger charge is 2.17. The van der Waals surface area contributed by atoms with Gasteiger partial charge in [0.1, 0.15) is 0 Å². The molecule has 0 aliphatic carbocycles. The molecule has 2 fully saturated rings. The lowest BCUT2D eigenvalue weighted by Gasteiger charge is -2.30. The van der Waals surface area contributed by atoms with Crippen molar-refractivity contribution in [2.75, 3.05) is 52.5 Å². The summed E-state index contributed by atoms with van der Waals surface area (Å²) in [7, 11) is 0. The Balaban J connectivity index is 1.50. The van der Waals surface area contributed by atoms with E-state index in [-0.39, 0.29) is 0 Å². The van der Waals surface area contributed by atoms with Crippen LogP contribution in [0.1, 0.15) is 0 Å². The van der Waals surface area contributed by atoms with Crippen LogP contribution in [0.5, 0.6) is 0 Å². The van der Waals surface area contributed by atoms with Gasteiger partial charge in [-0.3, -0.25) is 4.90 Å². The Labute approximate surface area is 79.2 Å². The van der Waals surface area contributed by atoms with Gasteiger partial charge in [-0.2, -0.15) is 0 Å². The van der Waals surface area contributed by atoms with E-state index >= 15 is 0 Å². The second kappa shape index (κ2) is 4.91. The molecule has 2 rings (SSSR count). The minimum atomic E-state index is 0.473. The fraction of sp³-hybridized carbons (Fsp3) is 1.00. The SMILES string of the molecule is C1CN(CCOC2CNC2)CCO1. The summed E-state index contributed by atoms with van der Waals surface area (Å²) in [6.07, 6.45) is 0.473. The average Bonchev–Trinajstić information content (AvgIpc) is 2.11. The van der Waals surface area contributed by atoms with Gasteiger partial charge in [0.05, 0.1) is 25.9 Å². The van der Waals surface area contributed by atoms with E-state index in [4.69, 9.17) is 9.47 Å². The second-order valence-corrected chi connectivity index (χ2v) is 3.61. The highest BCUT2D eigenvalue weighted by atomic mass is 16.5. The molecule has 76 valence electrons. The maximum Gasteiger partial charge on any atom is 0.0824 e. The van der Waals surface area contributed by atoms with Crippen molar-refractivity contribution in [2.24, 2.45) is 0 Å². The van der Waals surface area contributed by atoms with Crippen LogP contribution in [0.25, 0.3) is 0 Å². The molecule has 2 saturated heterocycles. The molecule has 2 aliphatic heterocycles. The van der Waals surface area contributed by atoms with Crippen molar-refractivity contribution in [3.05, 3.63) is 0 Å². The van der Waals surface area contributed by atoms with Gasteiger partial charge in [0.15, 0.2) is 0 Å². The van der Waals surface area contributed by atoms with Gasteiger partial charge in [0.25, 0.3) is 0 Å². The number of nitrogens with one attached hydrogen (secondary N) is 1. The van der Waals surface area contributed by atoms with E-state index < -0.39 is 0 Å². The van der Waals surface area contributed by atoms with Gasteiger partial charge in [-0.15, -0.1) is 0 Å². The summed E-state index contributed by atoms with van der Waals surface area (Å²) in [4.78, 5) is 2.40. The van der Waals surface area contributed by atoms with Crippen molar-refractivity contribution in [1.82, 2.24) is 10.2 Å². The van der Waals surface area contributed by atoms with Crippen LogP contribution in [0, 0.1) is 0 Å². The predicted octanol–water partition coefficient (Wildman–Crippen LogP) is -0.693. The van der Waals surface area contributed by atoms with Crippen LogP contribution in [0.15, 0.2) is 0 Å². The third-order valence-electron chi connectivity index (χ3n) is 2.61. The van der Waals surface area contributed by atoms with Crippen LogP contribution < -0.4 is 5.32 Å². The summed E-state index contributed by atoms with van der Waals surface area (Å²) in [6.45, 7) is 7.87. The first-order chi connectivity index (χ1) is 6.45. The highest BCUT2D eigenvalue weighted by Crippen LogP contribution is 2.00. The number of nitrogens with zero attached hydrogens (tertiary/aromatic N) is 1. The number of ether oxygens (including phenoxy) is 2. The van der Waals surface area contributed by atoms with E-state index in [1.807, 2.05) is 0 Å². The molecule has 0 saturated carbocycles. The Morgan fingerprint density at radius 2 is 2.08 bits per heavy atom. The van der Waals surface area contributed by atoms with Gasteiger partial charge in [-0.05, 0) is 0 Å². The summed E-state index contributed by atoms with van der Waals surface area (Å²) in [5.41, 5.74) is 0. The third kappa shape index (κ3) is 2.91. The number of hydrogen-bond acceptors (Lipinski definition) is 4. The molecule has 0 aromatic carbocycles. The van der Waals surface area contributed by atoms with Gasteiger partial charge in [-0.1, -0.05) is 0 Å². The van der Waals surface area contributed by atoms with E-state index in [2.05, 4.69) is 10.2 Å². The van der Waals surface area contributed by atoms with Crippen molar-refractivity contribution in [3.8, 4) is 0 Å². The van der Waals surface area contributed by atoms with Crippen LogP contribution in [0.3, 0.4) is 0 Å². The molecule has 1 N–H and O–H groups in total. The lowest BCUT2D eigenvalue weighted by atomic mass is 10.2. The third-order valence-corrected chi connectivity index (χ3v) is 2.61. The molecular formula is C9H18N2O2. The zero-order valence-electron chi connectivity index (χ0n) is 8.00. The molecule has 0 spiro atoms. The maximum absolute atomic E-state index is 5.64. The predicted molar refractivity (Wildman–Crippen MR) is 49.9 cm³/mol. The lowest BCUT2D eigenvalue weighted by Crippen LogP contribution is -2.49. The van der Waals surface area contributed by atoms with Gasteiger partial charge in [0.2, 0.25) is 0 Å². The Bertz CT molecular complexity index is 145. The second-order valence-electron chi connectivity index (χ2n) is 3.61. The van der Waals surface area contributed by atoms with Crippen molar-refractivity contribution >= 4 is 0 Å². The smallest absolute Gasteiger partial charge is 0.0824 e. The Kier molecular flexibility index (Phi) is 3.55. The standard InChI is InChI=1S/C9H18N2O2/c1-4-12-5-2-11(1)3-6-13-9-7-10-8-9/h9-10H,1-8H2. The van der Waals surface area contributed by atoms with Crippen molar-refractivity contribution in [1.29, 1.82) is 0 Å². The van der Waals surface area contributed by atoms with E-state index in [1.54, 1.807) is 0 Å². The fourth-order valence-corrected chi connectivity index (χ4v) is 1.55. The molecule has 2 heterocycles. The summed E-state index contributed by atoms with van der Waals surface area (Å²) >= 11 is 0. The molecule has 13 heavy (non-hydrogen) atoms. The van der Waals surface area contributed by atoms with Crippen LogP contribution in [-0.2, 0) is 9.47 Å². The van der Waals surface area contributed by atoms with Gasteiger partial charge >= 0.3 is 0 Å². The fourth-order valence-electron chi connectivity index (χ4n) is 1.55. The van der Waals surface area contributed by atoms with Crippen molar-refractivity contribution < 1.29 is 9.47 Å². The molecule has 0 bridgehead atoms. The van der Waals surface area contributed by atoms with Crippen molar-refractivity contribution in [3.63, 3.8) is 0 Å². The maximum atomic E-state index is 5.64. The quantitative estimate of drug-likeness (QED) is 0.630. The number of morpholine rings is 1. The van der Waals surface area contributed by atoms with Gasteiger partial charge in [0, 0.05) is 32.7 Å². The first-order valence-electron chi connectivity index (χ1n) is 5.07. The first kappa shape index (κ1) is 9.40. The van der Waals surface area contributed by atoms with E-state index in [0.717, 1.165) is 52.5 Å². The van der Waals surface area contributed by atoms with Gasteiger partial charge in [-0.25, -0.2) is 0 Å². The Hall–Kier alpha value is -0.160. The van der Waals surface area contributed by atoms with Crippen LogP contribution >= 0.6 is 0 Å². The minimum absolute atomic E-state index is 0.473. The zero-order valence-corrected chi connectivity index (χ0v) is 8.00. The summed E-state index contributed by atoms with van der Waals surface area (Å²) in [6, 6.07) is 0. The molecule has 0 atom stereocenters. The molecule has 2 aliphatic rings. The molecule has 4 nitrogen and oxygen atoms in total. The Morgan fingerprint density at radius 1 is 1.31 bits per heavy atom. The van der Waals surface area contributed by atoms with E-state index in [1.165, 1.54) is 0 Å². The summed E-state index contributed by atoms with van der Waals surface area (Å²) in [5, 5.41) is 3.19. The summed E-state index contributed by atoms with van der Waals surface area (Å²) < 4.78 is 10.9. The lowest BCUT2D eigenvalue weighted by molar-refractivity contribution is -0.0133. The van der Waals surface area contributed by atoms with E-state index in [9.17, 15) is 0 Å². The van der Waals surface area contributed by atoms with E-state index in [0.29, 0.717) is 6.10 Å². The molecule has 0 aromatic rings. The Morgan fingerprint density at radius 3 is 2.69 bits per heavy atom. The van der Waals surface area contributed by atoms with Gasteiger partial charge < -0.3 is 14.8 Å². The number of rotatable bonds is 4. The zero-order chi connectivity index (χ0) is 8.93. The molecule has 0 unspecified atom stereocenters. The normalized spacial score (nSPS) is 25.8. The summed E-state index contributed by atoms with van der Waals surface area (Å²) in [5.74, 6) is 0. The largest absolute Gasteiger partial charge is 0.379 e. The number of hydrogen-bond donors (Lipinski definition) is 1. The molecule has 0 aromatic heterocycles. The molecule has 0 radical (unpaired) electrons. The molecule has 0 amide bonds. The van der Waals surface area contributed by atoms with Crippen LogP contribution in [-0.4, -0.2) is 63.5 Å². The molecular weight excluding hydrogens is 168 g/mol.